The number of benzene rings is 2. The number of hydrogen-bond donors (Lipinski definition) is 0. The maximum Gasteiger partial charge on any atom is 0.201 e. The van der Waals surface area contributed by atoms with Gasteiger partial charge in [-0.2, -0.15) is 4.39 Å². The first-order valence-corrected chi connectivity index (χ1v) is 9.41. The lowest BCUT2D eigenvalue weighted by atomic mass is 9.79. The fraction of sp³-hybridized carbons (Fsp3) is 0.455. The minimum absolute atomic E-state index is 0.0501. The van der Waals surface area contributed by atoms with E-state index in [0.29, 0.717) is 30.1 Å². The molecule has 2 aromatic rings. The summed E-state index contributed by atoms with van der Waals surface area (Å²) >= 11 is 0. The molecule has 1 aliphatic rings. The molecular formula is C22H25F3O. The van der Waals surface area contributed by atoms with Gasteiger partial charge in [0.25, 0.3) is 0 Å². The van der Waals surface area contributed by atoms with Gasteiger partial charge in [0.2, 0.25) is 5.82 Å². The summed E-state index contributed by atoms with van der Waals surface area (Å²) in [5, 5.41) is 0. The Morgan fingerprint density at radius 2 is 1.69 bits per heavy atom. The second-order valence-corrected chi connectivity index (χ2v) is 7.28. The highest BCUT2D eigenvalue weighted by atomic mass is 19.2. The van der Waals surface area contributed by atoms with E-state index in [1.54, 1.807) is 12.1 Å². The Hall–Kier alpha value is -1.97. The Bertz CT molecular complexity index is 764. The average molecular weight is 362 g/mol. The molecule has 0 heterocycles. The fourth-order valence-corrected chi connectivity index (χ4v) is 3.68. The quantitative estimate of drug-likeness (QED) is 0.565. The fourth-order valence-electron chi connectivity index (χ4n) is 3.68. The first-order valence-electron chi connectivity index (χ1n) is 9.41. The van der Waals surface area contributed by atoms with Crippen LogP contribution in [0.1, 0.15) is 57.4 Å². The molecule has 0 spiro atoms. The lowest BCUT2D eigenvalue weighted by Gasteiger charge is -2.26. The molecule has 3 rings (SSSR count). The topological polar surface area (TPSA) is 9.23 Å². The zero-order valence-corrected chi connectivity index (χ0v) is 15.3. The number of rotatable bonds is 5. The van der Waals surface area contributed by atoms with Crippen molar-refractivity contribution in [3.63, 3.8) is 0 Å². The highest BCUT2D eigenvalue weighted by molar-refractivity contribution is 5.66. The van der Waals surface area contributed by atoms with Gasteiger partial charge in [-0.1, -0.05) is 38.8 Å². The van der Waals surface area contributed by atoms with Crippen molar-refractivity contribution < 1.29 is 17.9 Å². The van der Waals surface area contributed by atoms with Gasteiger partial charge in [0.1, 0.15) is 5.82 Å². The maximum atomic E-state index is 14.7. The van der Waals surface area contributed by atoms with Crippen LogP contribution in [-0.2, 0) is 0 Å². The molecule has 2 aromatic carbocycles. The monoisotopic (exact) mass is 362 g/mol. The van der Waals surface area contributed by atoms with Crippen LogP contribution in [-0.4, -0.2) is 6.61 Å². The Labute approximate surface area is 153 Å². The molecule has 0 radical (unpaired) electrons. The highest BCUT2D eigenvalue weighted by Crippen LogP contribution is 2.38. The summed E-state index contributed by atoms with van der Waals surface area (Å²) in [6.07, 6.45) is 4.86. The molecule has 0 saturated heterocycles. The summed E-state index contributed by atoms with van der Waals surface area (Å²) in [5.74, 6) is -1.57. The lowest BCUT2D eigenvalue weighted by molar-refractivity contribution is 0.295. The van der Waals surface area contributed by atoms with Crippen LogP contribution >= 0.6 is 0 Å². The third-order valence-corrected chi connectivity index (χ3v) is 5.28. The van der Waals surface area contributed by atoms with Crippen molar-refractivity contribution in [1.29, 1.82) is 0 Å². The summed E-state index contributed by atoms with van der Waals surface area (Å²) in [6, 6.07) is 7.57. The number of halogens is 3. The zero-order chi connectivity index (χ0) is 18.7. The van der Waals surface area contributed by atoms with Crippen LogP contribution < -0.4 is 4.74 Å². The second kappa shape index (κ2) is 8.15. The van der Waals surface area contributed by atoms with E-state index in [-0.39, 0.29) is 23.0 Å². The molecular weight excluding hydrogens is 337 g/mol. The van der Waals surface area contributed by atoms with Crippen LogP contribution in [0.3, 0.4) is 0 Å². The van der Waals surface area contributed by atoms with Crippen LogP contribution in [0.2, 0.25) is 0 Å². The van der Waals surface area contributed by atoms with Crippen molar-refractivity contribution in [1.82, 2.24) is 0 Å². The third-order valence-electron chi connectivity index (χ3n) is 5.28. The van der Waals surface area contributed by atoms with E-state index in [0.717, 1.165) is 25.7 Å². The molecule has 4 heteroatoms. The summed E-state index contributed by atoms with van der Waals surface area (Å²) < 4.78 is 48.5. The van der Waals surface area contributed by atoms with Crippen molar-refractivity contribution in [2.24, 2.45) is 5.92 Å². The first-order chi connectivity index (χ1) is 12.5. The van der Waals surface area contributed by atoms with Crippen LogP contribution in [0.15, 0.2) is 30.3 Å². The van der Waals surface area contributed by atoms with Crippen molar-refractivity contribution in [2.45, 2.75) is 51.9 Å². The third kappa shape index (κ3) is 3.89. The average Bonchev–Trinajstić information content (AvgIpc) is 2.64. The summed E-state index contributed by atoms with van der Waals surface area (Å²) in [4.78, 5) is 0. The molecule has 1 fully saturated rings. The van der Waals surface area contributed by atoms with Crippen molar-refractivity contribution >= 4 is 0 Å². The van der Waals surface area contributed by atoms with E-state index in [1.165, 1.54) is 18.2 Å². The second-order valence-electron chi connectivity index (χ2n) is 7.28. The SMILES string of the molecule is CCCOc1ccc(-c2ccc(C3CCC(C)CC3)c(F)c2)c(F)c1F. The molecule has 0 aliphatic heterocycles. The summed E-state index contributed by atoms with van der Waals surface area (Å²) in [7, 11) is 0. The Morgan fingerprint density at radius 1 is 0.962 bits per heavy atom. The molecule has 0 amide bonds. The van der Waals surface area contributed by atoms with E-state index in [2.05, 4.69) is 6.92 Å². The van der Waals surface area contributed by atoms with E-state index >= 15 is 0 Å². The van der Waals surface area contributed by atoms with Crippen LogP contribution in [0.25, 0.3) is 11.1 Å². The molecule has 0 bridgehead atoms. The van der Waals surface area contributed by atoms with E-state index < -0.39 is 11.6 Å². The van der Waals surface area contributed by atoms with Crippen LogP contribution in [0.4, 0.5) is 13.2 Å². The van der Waals surface area contributed by atoms with E-state index in [9.17, 15) is 13.2 Å². The predicted molar refractivity (Wildman–Crippen MR) is 97.9 cm³/mol. The highest BCUT2D eigenvalue weighted by Gasteiger charge is 2.23. The van der Waals surface area contributed by atoms with Gasteiger partial charge in [-0.25, -0.2) is 8.78 Å². The molecule has 1 aliphatic carbocycles. The molecule has 0 atom stereocenters. The zero-order valence-electron chi connectivity index (χ0n) is 15.3. The largest absolute Gasteiger partial charge is 0.490 e. The Balaban J connectivity index is 1.86. The lowest BCUT2D eigenvalue weighted by Crippen LogP contribution is -2.12. The standard InChI is InChI=1S/C22H25F3O/c1-3-12-26-20-11-10-18(21(24)22(20)25)16-8-9-17(19(23)13-16)15-6-4-14(2)5-7-15/h8-11,13-15H,3-7,12H2,1-2H3. The molecule has 1 saturated carbocycles. The minimum Gasteiger partial charge on any atom is -0.490 e. The van der Waals surface area contributed by atoms with Crippen LogP contribution in [0, 0.1) is 23.4 Å². The predicted octanol–water partition coefficient (Wildman–Crippen LogP) is 6.85. The van der Waals surface area contributed by atoms with E-state index in [4.69, 9.17) is 4.74 Å². The van der Waals surface area contributed by atoms with Gasteiger partial charge in [-0.15, -0.1) is 0 Å². The Morgan fingerprint density at radius 3 is 2.35 bits per heavy atom. The van der Waals surface area contributed by atoms with Gasteiger partial charge in [0, 0.05) is 5.56 Å². The number of hydrogen-bond acceptors (Lipinski definition) is 1. The van der Waals surface area contributed by atoms with Gasteiger partial charge < -0.3 is 4.74 Å². The molecule has 140 valence electrons. The van der Waals surface area contributed by atoms with E-state index in [1.807, 2.05) is 6.92 Å². The van der Waals surface area contributed by atoms with Gasteiger partial charge >= 0.3 is 0 Å². The first kappa shape index (κ1) is 18.8. The minimum atomic E-state index is -1.03. The molecule has 0 unspecified atom stereocenters. The number of ether oxygens (including phenoxy) is 1. The van der Waals surface area contributed by atoms with Gasteiger partial charge in [0.15, 0.2) is 11.6 Å². The van der Waals surface area contributed by atoms with Crippen molar-refractivity contribution in [3.05, 3.63) is 53.3 Å². The van der Waals surface area contributed by atoms with Crippen molar-refractivity contribution in [2.75, 3.05) is 6.61 Å². The molecule has 26 heavy (non-hydrogen) atoms. The van der Waals surface area contributed by atoms with Gasteiger partial charge in [-0.3, -0.25) is 0 Å². The molecule has 0 N–H and O–H groups in total. The van der Waals surface area contributed by atoms with Crippen molar-refractivity contribution in [3.8, 4) is 16.9 Å². The molecule has 0 aromatic heterocycles. The summed E-state index contributed by atoms with van der Waals surface area (Å²) in [5.41, 5.74) is 1.08. The normalized spacial score (nSPS) is 20.2. The molecule has 1 nitrogen and oxygen atoms in total. The maximum absolute atomic E-state index is 14.7. The Kier molecular flexibility index (Phi) is 5.90. The van der Waals surface area contributed by atoms with Gasteiger partial charge in [-0.05, 0) is 60.4 Å². The van der Waals surface area contributed by atoms with Gasteiger partial charge in [0.05, 0.1) is 6.61 Å². The summed E-state index contributed by atoms with van der Waals surface area (Å²) in [6.45, 7) is 4.43. The van der Waals surface area contributed by atoms with Crippen LogP contribution in [0.5, 0.6) is 5.75 Å². The smallest absolute Gasteiger partial charge is 0.201 e.